The van der Waals surface area contributed by atoms with E-state index in [-0.39, 0.29) is 5.91 Å². The first-order chi connectivity index (χ1) is 13.2. The summed E-state index contributed by atoms with van der Waals surface area (Å²) >= 11 is 0. The number of rotatable bonds is 5. The maximum atomic E-state index is 12.6. The Labute approximate surface area is 160 Å². The molecule has 1 saturated heterocycles. The highest BCUT2D eigenvalue weighted by Gasteiger charge is 2.16. The van der Waals surface area contributed by atoms with Crippen LogP contribution in [-0.2, 0) is 28.9 Å². The van der Waals surface area contributed by atoms with E-state index in [0.717, 1.165) is 56.2 Å². The Balaban J connectivity index is 1.34. The lowest BCUT2D eigenvalue weighted by molar-refractivity contribution is -0.129. The lowest BCUT2D eigenvalue weighted by Crippen LogP contribution is -2.36. The number of likely N-dealkylation sites (N-methyl/N-ethyl adjacent to an activating group) is 1. The van der Waals surface area contributed by atoms with Crippen molar-refractivity contribution < 1.29 is 14.3 Å². The van der Waals surface area contributed by atoms with Gasteiger partial charge >= 0.3 is 0 Å². The zero-order chi connectivity index (χ0) is 18.6. The van der Waals surface area contributed by atoms with E-state index in [1.165, 1.54) is 11.3 Å². The van der Waals surface area contributed by atoms with Crippen molar-refractivity contribution >= 4 is 11.6 Å². The Kier molecular flexibility index (Phi) is 5.30. The van der Waals surface area contributed by atoms with E-state index in [1.54, 1.807) is 4.90 Å². The Hall–Kier alpha value is -2.53. The van der Waals surface area contributed by atoms with Gasteiger partial charge in [-0.25, -0.2) is 0 Å². The van der Waals surface area contributed by atoms with E-state index in [0.29, 0.717) is 13.0 Å². The number of nitrogens with zero attached hydrogens (tertiary/aromatic N) is 2. The van der Waals surface area contributed by atoms with Gasteiger partial charge in [0.2, 0.25) is 5.91 Å². The molecule has 142 valence electrons. The third-order valence-electron chi connectivity index (χ3n) is 5.27. The molecule has 27 heavy (non-hydrogen) atoms. The summed E-state index contributed by atoms with van der Waals surface area (Å²) in [6.45, 7) is 4.80. The van der Waals surface area contributed by atoms with Gasteiger partial charge in [-0.2, -0.15) is 0 Å². The van der Waals surface area contributed by atoms with E-state index in [2.05, 4.69) is 35.2 Å². The van der Waals surface area contributed by atoms with E-state index < -0.39 is 0 Å². The summed E-state index contributed by atoms with van der Waals surface area (Å²) in [5.74, 6) is 1.09. The highest BCUT2D eigenvalue weighted by molar-refractivity contribution is 5.78. The monoisotopic (exact) mass is 366 g/mol. The van der Waals surface area contributed by atoms with E-state index >= 15 is 0 Å². The molecule has 0 unspecified atom stereocenters. The van der Waals surface area contributed by atoms with Crippen LogP contribution in [0.5, 0.6) is 5.75 Å². The molecule has 0 spiro atoms. The zero-order valence-electron chi connectivity index (χ0n) is 15.8. The molecule has 0 bridgehead atoms. The number of hydrogen-bond donors (Lipinski definition) is 0. The third kappa shape index (κ3) is 4.25. The first-order valence-corrected chi connectivity index (χ1v) is 9.59. The normalized spacial score (nSPS) is 16.0. The Morgan fingerprint density at radius 2 is 1.78 bits per heavy atom. The van der Waals surface area contributed by atoms with Crippen LogP contribution in [-0.4, -0.2) is 50.8 Å². The average Bonchev–Trinajstić information content (AvgIpc) is 3.17. The Bertz CT molecular complexity index is 798. The minimum atomic E-state index is 0.131. The number of hydrogen-bond acceptors (Lipinski definition) is 4. The molecule has 1 fully saturated rings. The summed E-state index contributed by atoms with van der Waals surface area (Å²) in [7, 11) is 1.87. The van der Waals surface area contributed by atoms with Crippen molar-refractivity contribution in [2.45, 2.75) is 19.4 Å². The number of anilines is 1. The Morgan fingerprint density at radius 1 is 1.04 bits per heavy atom. The number of carbonyl (C=O) groups excluding carboxylic acids is 1. The van der Waals surface area contributed by atoms with Crippen LogP contribution in [0.15, 0.2) is 42.5 Å². The fourth-order valence-corrected chi connectivity index (χ4v) is 3.66. The first-order valence-electron chi connectivity index (χ1n) is 9.59. The predicted octanol–water partition coefficient (Wildman–Crippen LogP) is 2.66. The summed E-state index contributed by atoms with van der Waals surface area (Å²) in [6.07, 6.45) is 1.36. The maximum absolute atomic E-state index is 12.6. The molecule has 0 atom stereocenters. The summed E-state index contributed by atoms with van der Waals surface area (Å²) in [6, 6.07) is 14.6. The van der Waals surface area contributed by atoms with E-state index in [9.17, 15) is 4.79 Å². The smallest absolute Gasteiger partial charge is 0.227 e. The largest absolute Gasteiger partial charge is 0.493 e. The minimum Gasteiger partial charge on any atom is -0.493 e. The quantitative estimate of drug-likeness (QED) is 0.816. The molecule has 2 heterocycles. The SMILES string of the molecule is CN(Cc1ccc(N2CCOCC2)cc1)C(=O)Cc1ccc2c(c1)CCO2. The molecular formula is C22H26N2O3. The standard InChI is InChI=1S/C22H26N2O3/c1-23(22(25)15-18-4-7-21-19(14-18)8-11-27-21)16-17-2-5-20(6-3-17)24-9-12-26-13-10-24/h2-7,14H,8-13,15-16H2,1H3. The number of carbonyl (C=O) groups is 1. The highest BCUT2D eigenvalue weighted by Crippen LogP contribution is 2.26. The predicted molar refractivity (Wildman–Crippen MR) is 105 cm³/mol. The van der Waals surface area contributed by atoms with Gasteiger partial charge in [0.05, 0.1) is 26.2 Å². The zero-order valence-corrected chi connectivity index (χ0v) is 15.8. The summed E-state index contributed by atoms with van der Waals surface area (Å²) in [5.41, 5.74) is 4.63. The molecule has 2 aromatic rings. The number of amides is 1. The van der Waals surface area contributed by atoms with Gasteiger partial charge in [0, 0.05) is 38.8 Å². The van der Waals surface area contributed by atoms with Crippen molar-refractivity contribution in [1.82, 2.24) is 4.90 Å². The second-order valence-corrected chi connectivity index (χ2v) is 7.23. The minimum absolute atomic E-state index is 0.131. The van der Waals surface area contributed by atoms with Gasteiger partial charge in [-0.1, -0.05) is 24.3 Å². The molecule has 2 aliphatic rings. The van der Waals surface area contributed by atoms with Crippen molar-refractivity contribution in [3.63, 3.8) is 0 Å². The average molecular weight is 366 g/mol. The highest BCUT2D eigenvalue weighted by atomic mass is 16.5. The van der Waals surface area contributed by atoms with Crippen LogP contribution in [0.2, 0.25) is 0 Å². The lowest BCUT2D eigenvalue weighted by Gasteiger charge is -2.29. The molecule has 0 N–H and O–H groups in total. The number of fused-ring (bicyclic) bond motifs is 1. The van der Waals surface area contributed by atoms with E-state index in [4.69, 9.17) is 9.47 Å². The van der Waals surface area contributed by atoms with Gasteiger partial charge < -0.3 is 19.3 Å². The van der Waals surface area contributed by atoms with Crippen molar-refractivity contribution in [3.05, 3.63) is 59.2 Å². The van der Waals surface area contributed by atoms with Crippen LogP contribution in [0.1, 0.15) is 16.7 Å². The molecule has 1 amide bonds. The molecule has 0 aromatic heterocycles. The first kappa shape index (κ1) is 17.9. The molecule has 5 heteroatoms. The summed E-state index contributed by atoms with van der Waals surface area (Å²) in [5, 5.41) is 0. The fraction of sp³-hybridized carbons (Fsp3) is 0.409. The molecular weight excluding hydrogens is 340 g/mol. The maximum Gasteiger partial charge on any atom is 0.227 e. The molecule has 4 rings (SSSR count). The molecule has 5 nitrogen and oxygen atoms in total. The van der Waals surface area contributed by atoms with Gasteiger partial charge in [-0.15, -0.1) is 0 Å². The van der Waals surface area contributed by atoms with Crippen LogP contribution < -0.4 is 9.64 Å². The lowest BCUT2D eigenvalue weighted by atomic mass is 10.1. The van der Waals surface area contributed by atoms with Gasteiger partial charge in [0.25, 0.3) is 0 Å². The van der Waals surface area contributed by atoms with Crippen molar-refractivity contribution in [2.75, 3.05) is 44.9 Å². The molecule has 2 aliphatic heterocycles. The summed E-state index contributed by atoms with van der Waals surface area (Å²) < 4.78 is 10.9. The van der Waals surface area contributed by atoms with Gasteiger partial charge in [-0.3, -0.25) is 4.79 Å². The van der Waals surface area contributed by atoms with Crippen LogP contribution in [0.4, 0.5) is 5.69 Å². The Morgan fingerprint density at radius 3 is 2.56 bits per heavy atom. The second kappa shape index (κ2) is 8.01. The van der Waals surface area contributed by atoms with Crippen LogP contribution in [0.25, 0.3) is 0 Å². The summed E-state index contributed by atoms with van der Waals surface area (Å²) in [4.78, 5) is 16.7. The fourth-order valence-electron chi connectivity index (χ4n) is 3.66. The second-order valence-electron chi connectivity index (χ2n) is 7.23. The molecule has 0 radical (unpaired) electrons. The van der Waals surface area contributed by atoms with Crippen molar-refractivity contribution in [1.29, 1.82) is 0 Å². The van der Waals surface area contributed by atoms with Crippen molar-refractivity contribution in [2.24, 2.45) is 0 Å². The number of ether oxygens (including phenoxy) is 2. The van der Waals surface area contributed by atoms with Gasteiger partial charge in [0.1, 0.15) is 5.75 Å². The molecule has 2 aromatic carbocycles. The van der Waals surface area contributed by atoms with Crippen LogP contribution >= 0.6 is 0 Å². The van der Waals surface area contributed by atoms with E-state index in [1.807, 2.05) is 19.2 Å². The van der Waals surface area contributed by atoms with Crippen LogP contribution in [0.3, 0.4) is 0 Å². The van der Waals surface area contributed by atoms with Crippen molar-refractivity contribution in [3.8, 4) is 5.75 Å². The third-order valence-corrected chi connectivity index (χ3v) is 5.27. The topological polar surface area (TPSA) is 42.0 Å². The van der Waals surface area contributed by atoms with Gasteiger partial charge in [-0.05, 0) is 34.9 Å². The number of morpholine rings is 1. The number of benzene rings is 2. The molecule has 0 saturated carbocycles. The molecule has 0 aliphatic carbocycles. The van der Waals surface area contributed by atoms with Gasteiger partial charge in [0.15, 0.2) is 0 Å². The van der Waals surface area contributed by atoms with Crippen LogP contribution in [0, 0.1) is 0 Å².